The molecule has 6 nitrogen and oxygen atoms in total. The normalized spacial score (nSPS) is 16.3. The van der Waals surface area contributed by atoms with Crippen molar-refractivity contribution in [2.45, 2.75) is 13.8 Å². The van der Waals surface area contributed by atoms with Crippen molar-refractivity contribution in [2.75, 3.05) is 18.0 Å². The fourth-order valence-electron chi connectivity index (χ4n) is 1.38. The first-order valence-electron chi connectivity index (χ1n) is 4.73. The number of hydrogen-bond donors (Lipinski definition) is 1. The number of carboxylic acids is 1. The van der Waals surface area contributed by atoms with Gasteiger partial charge >= 0.3 is 5.97 Å². The molecule has 1 saturated heterocycles. The van der Waals surface area contributed by atoms with Crippen LogP contribution in [-0.4, -0.2) is 39.3 Å². The summed E-state index contributed by atoms with van der Waals surface area (Å²) in [4.78, 5) is 16.7. The third kappa shape index (κ3) is 1.74. The second-order valence-corrected chi connectivity index (χ2v) is 3.72. The minimum Gasteiger partial charge on any atom is -0.481 e. The highest BCUT2D eigenvalue weighted by atomic mass is 16.4. The van der Waals surface area contributed by atoms with Crippen molar-refractivity contribution in [3.8, 4) is 0 Å². The first-order valence-corrected chi connectivity index (χ1v) is 4.73. The van der Waals surface area contributed by atoms with E-state index in [0.717, 1.165) is 11.4 Å². The molecule has 0 aromatic carbocycles. The number of anilines is 1. The van der Waals surface area contributed by atoms with Gasteiger partial charge in [-0.05, 0) is 13.8 Å². The summed E-state index contributed by atoms with van der Waals surface area (Å²) in [5, 5.41) is 16.6. The summed E-state index contributed by atoms with van der Waals surface area (Å²) in [6.07, 6.45) is 0. The Morgan fingerprint density at radius 3 is 2.53 bits per heavy atom. The molecule has 0 radical (unpaired) electrons. The fraction of sp³-hybridized carbons (Fsp3) is 0.556. The molecular weight excluding hydrogens is 196 g/mol. The van der Waals surface area contributed by atoms with Crippen molar-refractivity contribution in [3.05, 3.63) is 11.4 Å². The van der Waals surface area contributed by atoms with Gasteiger partial charge < -0.3 is 10.0 Å². The number of aryl methyl sites for hydroxylation is 2. The molecule has 0 saturated carbocycles. The van der Waals surface area contributed by atoms with Gasteiger partial charge in [0.25, 0.3) is 0 Å². The summed E-state index contributed by atoms with van der Waals surface area (Å²) in [7, 11) is 0. The van der Waals surface area contributed by atoms with Crippen LogP contribution in [0.3, 0.4) is 0 Å². The van der Waals surface area contributed by atoms with Crippen LogP contribution in [0.2, 0.25) is 0 Å². The minimum atomic E-state index is -0.761. The summed E-state index contributed by atoms with van der Waals surface area (Å²) < 4.78 is 0. The van der Waals surface area contributed by atoms with E-state index in [4.69, 9.17) is 5.11 Å². The summed E-state index contributed by atoms with van der Waals surface area (Å²) in [6, 6.07) is 0. The SMILES string of the molecule is Cc1nnc(N2CC(C(=O)O)C2)nc1C. The van der Waals surface area contributed by atoms with Crippen molar-refractivity contribution in [2.24, 2.45) is 5.92 Å². The van der Waals surface area contributed by atoms with Crippen molar-refractivity contribution >= 4 is 11.9 Å². The van der Waals surface area contributed by atoms with Crippen molar-refractivity contribution < 1.29 is 9.90 Å². The lowest BCUT2D eigenvalue weighted by atomic mass is 10.0. The van der Waals surface area contributed by atoms with E-state index in [1.54, 1.807) is 0 Å². The van der Waals surface area contributed by atoms with Gasteiger partial charge in [0.15, 0.2) is 0 Å². The summed E-state index contributed by atoms with van der Waals surface area (Å²) >= 11 is 0. The molecule has 0 spiro atoms. The van der Waals surface area contributed by atoms with E-state index in [-0.39, 0.29) is 5.92 Å². The molecule has 1 fully saturated rings. The molecule has 0 unspecified atom stereocenters. The number of aromatic nitrogens is 3. The van der Waals surface area contributed by atoms with Gasteiger partial charge in [-0.15, -0.1) is 5.10 Å². The number of hydrogen-bond acceptors (Lipinski definition) is 5. The van der Waals surface area contributed by atoms with Crippen LogP contribution in [0.4, 0.5) is 5.95 Å². The van der Waals surface area contributed by atoms with E-state index < -0.39 is 5.97 Å². The highest BCUT2D eigenvalue weighted by molar-refractivity contribution is 5.73. The molecule has 15 heavy (non-hydrogen) atoms. The van der Waals surface area contributed by atoms with Crippen LogP contribution < -0.4 is 4.90 Å². The number of nitrogens with zero attached hydrogens (tertiary/aromatic N) is 4. The van der Waals surface area contributed by atoms with Gasteiger partial charge in [0, 0.05) is 13.1 Å². The van der Waals surface area contributed by atoms with Crippen molar-refractivity contribution in [3.63, 3.8) is 0 Å². The summed E-state index contributed by atoms with van der Waals surface area (Å²) in [5.41, 5.74) is 1.63. The monoisotopic (exact) mass is 208 g/mol. The molecule has 0 atom stereocenters. The van der Waals surface area contributed by atoms with Crippen LogP contribution in [-0.2, 0) is 4.79 Å². The predicted molar refractivity (Wildman–Crippen MR) is 52.6 cm³/mol. The van der Waals surface area contributed by atoms with E-state index in [1.807, 2.05) is 18.7 Å². The van der Waals surface area contributed by atoms with Gasteiger partial charge in [-0.25, -0.2) is 4.98 Å². The van der Waals surface area contributed by atoms with Crippen LogP contribution in [0.15, 0.2) is 0 Å². The smallest absolute Gasteiger partial charge is 0.310 e. The number of aliphatic carboxylic acids is 1. The van der Waals surface area contributed by atoms with Crippen molar-refractivity contribution in [1.29, 1.82) is 0 Å². The van der Waals surface area contributed by atoms with Gasteiger partial charge in [0.2, 0.25) is 5.95 Å². The lowest BCUT2D eigenvalue weighted by Crippen LogP contribution is -2.51. The maximum atomic E-state index is 10.6. The molecular formula is C9H12N4O2. The van der Waals surface area contributed by atoms with Gasteiger partial charge in [0.1, 0.15) is 0 Å². The third-order valence-electron chi connectivity index (χ3n) is 2.59. The molecule has 1 aromatic heterocycles. The number of carbonyl (C=O) groups is 1. The standard InChI is InChI=1S/C9H12N4O2/c1-5-6(2)11-12-9(10-5)13-3-7(4-13)8(14)15/h7H,3-4H2,1-2H3,(H,14,15). The second-order valence-electron chi connectivity index (χ2n) is 3.72. The average molecular weight is 208 g/mol. The molecule has 0 aliphatic carbocycles. The molecule has 1 N–H and O–H groups in total. The fourth-order valence-corrected chi connectivity index (χ4v) is 1.38. The zero-order chi connectivity index (χ0) is 11.0. The first kappa shape index (κ1) is 9.82. The molecule has 1 aliphatic heterocycles. The lowest BCUT2D eigenvalue weighted by molar-refractivity contribution is -0.142. The molecule has 2 heterocycles. The quantitative estimate of drug-likeness (QED) is 0.737. The zero-order valence-corrected chi connectivity index (χ0v) is 8.64. The van der Waals surface area contributed by atoms with Crippen LogP contribution in [0.5, 0.6) is 0 Å². The Bertz CT molecular complexity index is 401. The Morgan fingerprint density at radius 2 is 2.00 bits per heavy atom. The summed E-state index contributed by atoms with van der Waals surface area (Å²) in [5.74, 6) is -0.533. The average Bonchev–Trinajstić information content (AvgIpc) is 2.08. The predicted octanol–water partition coefficient (Wildman–Crippen LogP) is 0.00924. The van der Waals surface area contributed by atoms with E-state index in [9.17, 15) is 4.79 Å². The highest BCUT2D eigenvalue weighted by Crippen LogP contribution is 2.20. The Morgan fingerprint density at radius 1 is 1.33 bits per heavy atom. The minimum absolute atomic E-state index is 0.296. The largest absolute Gasteiger partial charge is 0.481 e. The Labute approximate surface area is 87.0 Å². The van der Waals surface area contributed by atoms with E-state index in [2.05, 4.69) is 15.2 Å². The van der Waals surface area contributed by atoms with Gasteiger partial charge in [0.05, 0.1) is 17.3 Å². The molecule has 2 rings (SSSR count). The molecule has 80 valence electrons. The topological polar surface area (TPSA) is 79.2 Å². The van der Waals surface area contributed by atoms with Crippen LogP contribution in [0.1, 0.15) is 11.4 Å². The van der Waals surface area contributed by atoms with E-state index >= 15 is 0 Å². The third-order valence-corrected chi connectivity index (χ3v) is 2.59. The molecule has 0 bridgehead atoms. The zero-order valence-electron chi connectivity index (χ0n) is 8.64. The number of carboxylic acid groups (broad SMARTS) is 1. The summed E-state index contributed by atoms with van der Waals surface area (Å²) in [6.45, 7) is 4.65. The maximum absolute atomic E-state index is 10.6. The maximum Gasteiger partial charge on any atom is 0.310 e. The van der Waals surface area contributed by atoms with Crippen LogP contribution in [0, 0.1) is 19.8 Å². The lowest BCUT2D eigenvalue weighted by Gasteiger charge is -2.36. The molecule has 1 aliphatic rings. The van der Waals surface area contributed by atoms with Gasteiger partial charge in [-0.3, -0.25) is 4.79 Å². The Kier molecular flexibility index (Phi) is 2.26. The van der Waals surface area contributed by atoms with Gasteiger partial charge in [-0.2, -0.15) is 5.10 Å². The Balaban J connectivity index is 2.07. The van der Waals surface area contributed by atoms with Crippen LogP contribution in [0.25, 0.3) is 0 Å². The first-order chi connectivity index (χ1) is 7.08. The van der Waals surface area contributed by atoms with Crippen LogP contribution >= 0.6 is 0 Å². The highest BCUT2D eigenvalue weighted by Gasteiger charge is 2.34. The molecule has 6 heteroatoms. The van der Waals surface area contributed by atoms with Gasteiger partial charge in [-0.1, -0.05) is 0 Å². The van der Waals surface area contributed by atoms with E-state index in [0.29, 0.717) is 19.0 Å². The van der Waals surface area contributed by atoms with Crippen molar-refractivity contribution in [1.82, 2.24) is 15.2 Å². The Hall–Kier alpha value is -1.72. The second kappa shape index (κ2) is 3.45. The molecule has 0 amide bonds. The van der Waals surface area contributed by atoms with E-state index in [1.165, 1.54) is 0 Å². The number of rotatable bonds is 2. The molecule has 1 aromatic rings.